The van der Waals surface area contributed by atoms with Crippen LogP contribution >= 0.6 is 11.8 Å². The number of nitrogens with zero attached hydrogens (tertiary/aromatic N) is 1. The highest BCUT2D eigenvalue weighted by Gasteiger charge is 2.06. The molecule has 0 aliphatic carbocycles. The summed E-state index contributed by atoms with van der Waals surface area (Å²) in [5.41, 5.74) is 0. The highest BCUT2D eigenvalue weighted by molar-refractivity contribution is 8.00. The Bertz CT molecular complexity index is 575. The minimum absolute atomic E-state index is 0.156. The van der Waals surface area contributed by atoms with Gasteiger partial charge in [0.1, 0.15) is 5.82 Å². The third-order valence-corrected chi connectivity index (χ3v) is 3.49. The third-order valence-electron chi connectivity index (χ3n) is 2.50. The van der Waals surface area contributed by atoms with Crippen molar-refractivity contribution in [2.45, 2.75) is 11.3 Å². The van der Waals surface area contributed by atoms with E-state index in [0.717, 1.165) is 29.7 Å². The van der Waals surface area contributed by atoms with Crippen LogP contribution in [0.3, 0.4) is 0 Å². The summed E-state index contributed by atoms with van der Waals surface area (Å²) >= 11 is 1.16. The van der Waals surface area contributed by atoms with Crippen LogP contribution in [0, 0.1) is 11.6 Å². The molecule has 0 aliphatic heterocycles. The van der Waals surface area contributed by atoms with E-state index in [2.05, 4.69) is 15.3 Å². The number of imidazole rings is 1. The van der Waals surface area contributed by atoms with Crippen LogP contribution in [0.2, 0.25) is 0 Å². The summed E-state index contributed by atoms with van der Waals surface area (Å²) in [6, 6.07) is 3.57. The highest BCUT2D eigenvalue weighted by atomic mass is 32.2. The SMILES string of the molecule is O=C(CSc1ccc(F)c(F)c1)NCCc1ncc[nH]1. The monoisotopic (exact) mass is 297 g/mol. The highest BCUT2D eigenvalue weighted by Crippen LogP contribution is 2.19. The van der Waals surface area contributed by atoms with Crippen LogP contribution in [0.15, 0.2) is 35.5 Å². The molecule has 0 fully saturated rings. The lowest BCUT2D eigenvalue weighted by Crippen LogP contribution is -2.27. The van der Waals surface area contributed by atoms with E-state index in [1.807, 2.05) is 0 Å². The van der Waals surface area contributed by atoms with Crippen molar-refractivity contribution in [3.8, 4) is 0 Å². The van der Waals surface area contributed by atoms with Gasteiger partial charge in [-0.05, 0) is 18.2 Å². The lowest BCUT2D eigenvalue weighted by Gasteiger charge is -2.04. The molecule has 0 bridgehead atoms. The lowest BCUT2D eigenvalue weighted by molar-refractivity contribution is -0.118. The smallest absolute Gasteiger partial charge is 0.230 e. The Hall–Kier alpha value is -1.89. The molecule has 0 radical (unpaired) electrons. The van der Waals surface area contributed by atoms with Gasteiger partial charge in [0.15, 0.2) is 11.6 Å². The van der Waals surface area contributed by atoms with E-state index in [4.69, 9.17) is 0 Å². The molecule has 0 aliphatic rings. The standard InChI is InChI=1S/C13H13F2N3OS/c14-10-2-1-9(7-11(10)15)20-8-13(19)18-4-3-12-16-5-6-17-12/h1-2,5-7H,3-4,8H2,(H,16,17)(H,18,19). The van der Waals surface area contributed by atoms with Crippen molar-refractivity contribution < 1.29 is 13.6 Å². The number of amides is 1. The average molecular weight is 297 g/mol. The summed E-state index contributed by atoms with van der Waals surface area (Å²) in [4.78, 5) is 19.1. The number of thioether (sulfide) groups is 1. The predicted octanol–water partition coefficient (Wildman–Crippen LogP) is 2.14. The molecule has 2 aromatic rings. The maximum absolute atomic E-state index is 13.0. The summed E-state index contributed by atoms with van der Waals surface area (Å²) in [6.45, 7) is 0.477. The zero-order valence-electron chi connectivity index (χ0n) is 10.5. The minimum Gasteiger partial charge on any atom is -0.355 e. The van der Waals surface area contributed by atoms with Crippen molar-refractivity contribution in [1.82, 2.24) is 15.3 Å². The summed E-state index contributed by atoms with van der Waals surface area (Å²) in [6.07, 6.45) is 3.99. The molecule has 0 saturated carbocycles. The molecule has 0 spiro atoms. The maximum atomic E-state index is 13.0. The number of benzene rings is 1. The van der Waals surface area contributed by atoms with E-state index in [1.54, 1.807) is 12.4 Å². The van der Waals surface area contributed by atoms with Gasteiger partial charge in [0.25, 0.3) is 0 Å². The van der Waals surface area contributed by atoms with Crippen LogP contribution < -0.4 is 5.32 Å². The van der Waals surface area contributed by atoms with Crippen molar-refractivity contribution in [1.29, 1.82) is 0 Å². The largest absolute Gasteiger partial charge is 0.355 e. The van der Waals surface area contributed by atoms with Gasteiger partial charge in [0, 0.05) is 30.3 Å². The van der Waals surface area contributed by atoms with E-state index in [9.17, 15) is 13.6 Å². The maximum Gasteiger partial charge on any atom is 0.230 e. The van der Waals surface area contributed by atoms with Crippen molar-refractivity contribution >= 4 is 17.7 Å². The number of nitrogens with one attached hydrogen (secondary N) is 2. The normalized spacial score (nSPS) is 10.5. The molecule has 0 unspecified atom stereocenters. The molecule has 0 saturated heterocycles. The second-order valence-corrected chi connectivity index (χ2v) is 5.05. The van der Waals surface area contributed by atoms with Crippen molar-refractivity contribution in [2.75, 3.05) is 12.3 Å². The summed E-state index contributed by atoms with van der Waals surface area (Å²) in [7, 11) is 0. The van der Waals surface area contributed by atoms with Gasteiger partial charge in [0.05, 0.1) is 5.75 Å². The average Bonchev–Trinajstić information content (AvgIpc) is 2.93. The first-order valence-electron chi connectivity index (χ1n) is 5.98. The molecule has 1 aromatic carbocycles. The summed E-state index contributed by atoms with van der Waals surface area (Å²) < 4.78 is 25.7. The van der Waals surface area contributed by atoms with E-state index < -0.39 is 11.6 Å². The first-order chi connectivity index (χ1) is 9.65. The Morgan fingerprint density at radius 2 is 2.20 bits per heavy atom. The Kier molecular flexibility index (Phi) is 5.11. The number of hydrogen-bond donors (Lipinski definition) is 2. The van der Waals surface area contributed by atoms with E-state index in [0.29, 0.717) is 17.9 Å². The van der Waals surface area contributed by atoms with Crippen LogP contribution in [-0.2, 0) is 11.2 Å². The van der Waals surface area contributed by atoms with Crippen LogP contribution in [0.25, 0.3) is 0 Å². The summed E-state index contributed by atoms with van der Waals surface area (Å²) in [5.74, 6) is -1.00. The quantitative estimate of drug-likeness (QED) is 0.803. The number of aromatic amines is 1. The molecule has 0 atom stereocenters. The molecule has 7 heteroatoms. The number of rotatable bonds is 6. The fourth-order valence-corrected chi connectivity index (χ4v) is 2.27. The van der Waals surface area contributed by atoms with Crippen LogP contribution in [0.5, 0.6) is 0 Å². The number of hydrogen-bond acceptors (Lipinski definition) is 3. The van der Waals surface area contributed by atoms with E-state index in [1.165, 1.54) is 6.07 Å². The fourth-order valence-electron chi connectivity index (χ4n) is 1.52. The van der Waals surface area contributed by atoms with Gasteiger partial charge in [-0.1, -0.05) is 0 Å². The number of carbonyl (C=O) groups excluding carboxylic acids is 1. The van der Waals surface area contributed by atoms with Gasteiger partial charge in [-0.25, -0.2) is 13.8 Å². The molecule has 1 aromatic heterocycles. The van der Waals surface area contributed by atoms with Crippen LogP contribution in [0.1, 0.15) is 5.82 Å². The molecule has 1 amide bonds. The Balaban J connectivity index is 1.70. The number of H-pyrrole nitrogens is 1. The Morgan fingerprint density at radius 1 is 1.35 bits per heavy atom. The van der Waals surface area contributed by atoms with Gasteiger partial charge in [-0.2, -0.15) is 0 Å². The van der Waals surface area contributed by atoms with Gasteiger partial charge in [-0.3, -0.25) is 4.79 Å². The van der Waals surface area contributed by atoms with Gasteiger partial charge < -0.3 is 10.3 Å². The van der Waals surface area contributed by atoms with Crippen molar-refractivity contribution in [2.24, 2.45) is 0 Å². The van der Waals surface area contributed by atoms with Gasteiger partial charge in [0.2, 0.25) is 5.91 Å². The topological polar surface area (TPSA) is 57.8 Å². The molecule has 4 nitrogen and oxygen atoms in total. The van der Waals surface area contributed by atoms with E-state index >= 15 is 0 Å². The second kappa shape index (κ2) is 7.04. The third kappa shape index (κ3) is 4.34. The zero-order chi connectivity index (χ0) is 14.4. The number of halogens is 2. The van der Waals surface area contributed by atoms with Crippen LogP contribution in [-0.4, -0.2) is 28.2 Å². The zero-order valence-corrected chi connectivity index (χ0v) is 11.3. The molecular weight excluding hydrogens is 284 g/mol. The fraction of sp³-hybridized carbons (Fsp3) is 0.231. The molecule has 1 heterocycles. The van der Waals surface area contributed by atoms with E-state index in [-0.39, 0.29) is 11.7 Å². The minimum atomic E-state index is -0.909. The molecule has 2 N–H and O–H groups in total. The Morgan fingerprint density at radius 3 is 2.90 bits per heavy atom. The first kappa shape index (κ1) is 14.5. The predicted molar refractivity (Wildman–Crippen MR) is 72.4 cm³/mol. The Labute approximate surface area is 119 Å². The molecule has 106 valence electrons. The van der Waals surface area contributed by atoms with Crippen LogP contribution in [0.4, 0.5) is 8.78 Å². The first-order valence-corrected chi connectivity index (χ1v) is 6.96. The second-order valence-electron chi connectivity index (χ2n) is 4.00. The number of aromatic nitrogens is 2. The lowest BCUT2D eigenvalue weighted by atomic mass is 10.3. The van der Waals surface area contributed by atoms with Gasteiger partial charge in [-0.15, -0.1) is 11.8 Å². The van der Waals surface area contributed by atoms with Gasteiger partial charge >= 0.3 is 0 Å². The molecule has 20 heavy (non-hydrogen) atoms. The van der Waals surface area contributed by atoms with Crippen molar-refractivity contribution in [3.05, 3.63) is 48.1 Å². The number of carbonyl (C=O) groups is 1. The summed E-state index contributed by atoms with van der Waals surface area (Å²) in [5, 5.41) is 2.73. The van der Waals surface area contributed by atoms with Crippen molar-refractivity contribution in [3.63, 3.8) is 0 Å². The molecule has 2 rings (SSSR count). The molecular formula is C13H13F2N3OS.